The molecule has 0 amide bonds. The van der Waals surface area contributed by atoms with Gasteiger partial charge in [-0.2, -0.15) is 0 Å². The summed E-state index contributed by atoms with van der Waals surface area (Å²) in [5, 5.41) is 0.840. The summed E-state index contributed by atoms with van der Waals surface area (Å²) in [6, 6.07) is 0. The zero-order valence-electron chi connectivity index (χ0n) is 11.1. The maximum Gasteiger partial charge on any atom is 0.000265 e. The minimum Gasteiger partial charge on any atom is -0.103 e. The molecule has 0 bridgehead atoms. The van der Waals surface area contributed by atoms with Gasteiger partial charge in [0.2, 0.25) is 0 Å². The summed E-state index contributed by atoms with van der Waals surface area (Å²) in [4.78, 5) is 0. The van der Waals surface area contributed by atoms with Crippen LogP contribution in [0.15, 0.2) is 50.6 Å². The van der Waals surface area contributed by atoms with Crippen molar-refractivity contribution >= 4 is 15.8 Å². The quantitative estimate of drug-likeness (QED) is 0.346. The van der Waals surface area contributed by atoms with Gasteiger partial charge in [-0.05, 0) is 31.1 Å². The predicted octanol–water partition coefficient (Wildman–Crippen LogP) is 5.43. The van der Waals surface area contributed by atoms with Crippen LogP contribution in [-0.2, 0) is 0 Å². The molecule has 0 heterocycles. The van der Waals surface area contributed by atoms with E-state index in [0.717, 1.165) is 30.0 Å². The summed E-state index contributed by atoms with van der Waals surface area (Å²) in [6.45, 7) is 17.9. The Morgan fingerprint density at radius 2 is 1.06 bits per heavy atom. The molecule has 96 valence electrons. The van der Waals surface area contributed by atoms with E-state index in [1.807, 2.05) is 0 Å². The van der Waals surface area contributed by atoms with Gasteiger partial charge >= 0.3 is 0 Å². The van der Waals surface area contributed by atoms with Crippen LogP contribution in [0, 0.1) is 0 Å². The second-order valence-electron chi connectivity index (χ2n) is 3.95. The van der Waals surface area contributed by atoms with Gasteiger partial charge in [-0.15, -0.1) is 26.3 Å². The zero-order valence-corrected chi connectivity index (χ0v) is 12.9. The Morgan fingerprint density at radius 3 is 1.24 bits per heavy atom. The van der Waals surface area contributed by atoms with Crippen molar-refractivity contribution in [2.24, 2.45) is 0 Å². The highest BCUT2D eigenvalue weighted by Gasteiger charge is 2.24. The highest BCUT2D eigenvalue weighted by Crippen LogP contribution is 2.59. The van der Waals surface area contributed by atoms with Crippen LogP contribution in [0.25, 0.3) is 0 Å². The van der Waals surface area contributed by atoms with Crippen LogP contribution in [0.1, 0.15) is 13.3 Å². The number of rotatable bonds is 11. The minimum absolute atomic E-state index is 0.0103. The van der Waals surface area contributed by atoms with Crippen molar-refractivity contribution in [2.75, 3.05) is 24.6 Å². The molecule has 0 aromatic carbocycles. The molecule has 0 aliphatic carbocycles. The molecule has 0 radical (unpaired) electrons. The van der Waals surface area contributed by atoms with E-state index in [9.17, 15) is 0 Å². The van der Waals surface area contributed by atoms with E-state index in [2.05, 4.69) is 57.5 Å². The average molecular weight is 268 g/mol. The molecule has 0 unspecified atom stereocenters. The zero-order chi connectivity index (χ0) is 13.1. The van der Waals surface area contributed by atoms with E-state index in [-0.39, 0.29) is 15.8 Å². The molecule has 0 fully saturated rings. The van der Waals surface area contributed by atoms with Crippen molar-refractivity contribution in [3.63, 3.8) is 0 Å². The Labute approximate surface area is 110 Å². The summed E-state index contributed by atoms with van der Waals surface area (Å²) < 4.78 is 0. The van der Waals surface area contributed by atoms with Gasteiger partial charge in [0.25, 0.3) is 0 Å². The lowest BCUT2D eigenvalue weighted by Crippen LogP contribution is -2.09. The highest BCUT2D eigenvalue weighted by molar-refractivity contribution is 7.76. The largest absolute Gasteiger partial charge is 0.103 e. The summed E-state index contributed by atoms with van der Waals surface area (Å²) >= 11 is 0. The topological polar surface area (TPSA) is 0 Å². The third-order valence-corrected chi connectivity index (χ3v) is 9.95. The summed E-state index contributed by atoms with van der Waals surface area (Å²) in [5.41, 5.74) is 0. The summed E-state index contributed by atoms with van der Waals surface area (Å²) in [6.07, 6.45) is 14.2. The van der Waals surface area contributed by atoms with Crippen molar-refractivity contribution in [2.45, 2.75) is 18.7 Å². The van der Waals surface area contributed by atoms with Crippen molar-refractivity contribution in [1.82, 2.24) is 0 Å². The van der Waals surface area contributed by atoms with Crippen LogP contribution in [0.3, 0.4) is 0 Å². The molecule has 0 aromatic heterocycles. The van der Waals surface area contributed by atoms with Gasteiger partial charge in [-0.1, -0.05) is 47.1 Å². The van der Waals surface area contributed by atoms with E-state index in [4.69, 9.17) is 0 Å². The Bertz CT molecular complexity index is 201. The Kier molecular flexibility index (Phi) is 10.8. The van der Waals surface area contributed by atoms with Crippen LogP contribution in [0.5, 0.6) is 0 Å². The molecule has 0 aromatic rings. The normalized spacial score (nSPS) is 10.8. The monoisotopic (exact) mass is 268 g/mol. The summed E-state index contributed by atoms with van der Waals surface area (Å²) in [7, 11) is 0.0206. The number of allylic oxidation sites excluding steroid dienone is 4. The maximum absolute atomic E-state index is 3.90. The van der Waals surface area contributed by atoms with Gasteiger partial charge in [0.05, 0.1) is 0 Å². The van der Waals surface area contributed by atoms with E-state index in [1.54, 1.807) is 0 Å². The fraction of sp³-hybridized carbons (Fsp3) is 0.467. The second kappa shape index (κ2) is 10.9. The standard InChI is InChI=1S/C15H26P2/c1-6-11-16(12-7-2)15(10-5)17(13-8-3)14-9-4/h6-9,15H,1-4,10-14H2,5H3. The first-order chi connectivity index (χ1) is 8.24. The van der Waals surface area contributed by atoms with Crippen LogP contribution < -0.4 is 0 Å². The Hall–Kier alpha value is -0.180. The third-order valence-electron chi connectivity index (χ3n) is 2.66. The molecule has 0 N–H and O–H groups in total. The first-order valence-corrected chi connectivity index (χ1v) is 9.73. The predicted molar refractivity (Wildman–Crippen MR) is 88.2 cm³/mol. The molecule has 0 spiro atoms. The molecule has 0 aliphatic heterocycles. The molecular weight excluding hydrogens is 242 g/mol. The van der Waals surface area contributed by atoms with Gasteiger partial charge < -0.3 is 0 Å². The van der Waals surface area contributed by atoms with E-state index in [1.165, 1.54) is 6.42 Å². The molecule has 0 atom stereocenters. The smallest absolute Gasteiger partial charge is 0.000265 e. The molecule has 17 heavy (non-hydrogen) atoms. The van der Waals surface area contributed by atoms with Gasteiger partial charge in [0.15, 0.2) is 0 Å². The lowest BCUT2D eigenvalue weighted by molar-refractivity contribution is 1.03. The van der Waals surface area contributed by atoms with Crippen LogP contribution in [0.2, 0.25) is 0 Å². The third kappa shape index (κ3) is 6.35. The van der Waals surface area contributed by atoms with Gasteiger partial charge in [-0.3, -0.25) is 0 Å². The van der Waals surface area contributed by atoms with E-state index >= 15 is 0 Å². The van der Waals surface area contributed by atoms with Gasteiger partial charge in [0.1, 0.15) is 0 Å². The molecule has 0 nitrogen and oxygen atoms in total. The highest BCUT2D eigenvalue weighted by atomic mass is 31.2. The molecule has 0 saturated carbocycles. The van der Waals surface area contributed by atoms with Gasteiger partial charge in [-0.25, -0.2) is 0 Å². The molecule has 2 heteroatoms. The first-order valence-electron chi connectivity index (χ1n) is 6.16. The second-order valence-corrected chi connectivity index (χ2v) is 9.42. The first kappa shape index (κ1) is 16.8. The fourth-order valence-corrected chi connectivity index (χ4v) is 8.66. The fourth-order valence-electron chi connectivity index (χ4n) is 2.05. The molecule has 0 saturated heterocycles. The number of hydrogen-bond acceptors (Lipinski definition) is 0. The minimum atomic E-state index is 0.0103. The van der Waals surface area contributed by atoms with Crippen LogP contribution >= 0.6 is 15.8 Å². The molecule has 0 rings (SSSR count). The maximum atomic E-state index is 3.90. The SMILES string of the molecule is C=CCP(CC=C)C(CC)P(CC=C)CC=C. The van der Waals surface area contributed by atoms with Gasteiger partial charge in [0, 0.05) is 5.40 Å². The average Bonchev–Trinajstić information content (AvgIpc) is 2.31. The molecule has 0 aliphatic rings. The van der Waals surface area contributed by atoms with E-state index in [0.29, 0.717) is 0 Å². The van der Waals surface area contributed by atoms with Crippen molar-refractivity contribution in [3.05, 3.63) is 50.6 Å². The number of hydrogen-bond donors (Lipinski definition) is 0. The summed E-state index contributed by atoms with van der Waals surface area (Å²) in [5.74, 6) is 0. The van der Waals surface area contributed by atoms with Crippen molar-refractivity contribution in [1.29, 1.82) is 0 Å². The molecular formula is C15H26P2. The Morgan fingerprint density at radius 1 is 0.765 bits per heavy atom. The lowest BCUT2D eigenvalue weighted by atomic mass is 10.6. The van der Waals surface area contributed by atoms with Crippen LogP contribution in [0.4, 0.5) is 0 Å². The van der Waals surface area contributed by atoms with Crippen molar-refractivity contribution < 1.29 is 0 Å². The lowest BCUT2D eigenvalue weighted by Gasteiger charge is -2.32. The van der Waals surface area contributed by atoms with Crippen LogP contribution in [-0.4, -0.2) is 30.0 Å². The van der Waals surface area contributed by atoms with Crippen molar-refractivity contribution in [3.8, 4) is 0 Å². The van der Waals surface area contributed by atoms with E-state index < -0.39 is 0 Å². The Balaban J connectivity index is 4.77.